The molecular weight excluding hydrogens is 346 g/mol. The third-order valence-corrected chi connectivity index (χ3v) is 4.28. The monoisotopic (exact) mass is 359 g/mol. The van der Waals surface area contributed by atoms with Crippen LogP contribution >= 0.6 is 15.9 Å². The maximum Gasteiger partial charge on any atom is 0.331 e. The van der Waals surface area contributed by atoms with Gasteiger partial charge in [0.2, 0.25) is 0 Å². The van der Waals surface area contributed by atoms with E-state index >= 15 is 0 Å². The zero-order valence-electron chi connectivity index (χ0n) is 12.4. The van der Waals surface area contributed by atoms with Crippen LogP contribution in [0.5, 0.6) is 0 Å². The van der Waals surface area contributed by atoms with Crippen molar-refractivity contribution in [2.75, 3.05) is 0 Å². The Hall–Kier alpha value is -2.21. The number of nitrogens with zero attached hydrogens (tertiary/aromatic N) is 3. The standard InChI is InChI=1S/C16H14BrN3O2/c1-9-8-12-14(15(21)20(3)16(22)19(12)2)18-13(9)10-4-6-11(17)7-5-10/h4-8H,1-3H3. The number of hydrogen-bond donors (Lipinski definition) is 0. The zero-order valence-corrected chi connectivity index (χ0v) is 14.0. The van der Waals surface area contributed by atoms with Gasteiger partial charge in [0.15, 0.2) is 5.52 Å². The van der Waals surface area contributed by atoms with Crippen LogP contribution in [0.25, 0.3) is 22.3 Å². The first-order valence-electron chi connectivity index (χ1n) is 6.73. The van der Waals surface area contributed by atoms with Crippen LogP contribution in [-0.2, 0) is 14.1 Å². The van der Waals surface area contributed by atoms with Crippen LogP contribution in [0.3, 0.4) is 0 Å². The molecule has 0 radical (unpaired) electrons. The zero-order chi connectivity index (χ0) is 16.0. The lowest BCUT2D eigenvalue weighted by atomic mass is 10.1. The number of hydrogen-bond acceptors (Lipinski definition) is 3. The highest BCUT2D eigenvalue weighted by Gasteiger charge is 2.13. The Balaban J connectivity index is 2.40. The normalized spacial score (nSPS) is 11.1. The van der Waals surface area contributed by atoms with E-state index in [-0.39, 0.29) is 11.2 Å². The summed E-state index contributed by atoms with van der Waals surface area (Å²) in [6.07, 6.45) is 0. The van der Waals surface area contributed by atoms with Crippen molar-refractivity contribution in [3.8, 4) is 11.3 Å². The van der Waals surface area contributed by atoms with Gasteiger partial charge in [-0.15, -0.1) is 0 Å². The molecular formula is C16H14BrN3O2. The summed E-state index contributed by atoms with van der Waals surface area (Å²) in [6, 6.07) is 9.58. The van der Waals surface area contributed by atoms with Crippen molar-refractivity contribution in [1.82, 2.24) is 14.1 Å². The second-order valence-electron chi connectivity index (χ2n) is 5.23. The molecule has 0 atom stereocenters. The van der Waals surface area contributed by atoms with Crippen LogP contribution in [0.15, 0.2) is 44.4 Å². The van der Waals surface area contributed by atoms with E-state index in [2.05, 4.69) is 20.9 Å². The van der Waals surface area contributed by atoms with Crippen molar-refractivity contribution in [1.29, 1.82) is 0 Å². The first-order chi connectivity index (χ1) is 10.4. The van der Waals surface area contributed by atoms with E-state index in [1.165, 1.54) is 11.6 Å². The van der Waals surface area contributed by atoms with E-state index in [9.17, 15) is 9.59 Å². The van der Waals surface area contributed by atoms with Gasteiger partial charge in [-0.05, 0) is 30.7 Å². The summed E-state index contributed by atoms with van der Waals surface area (Å²) in [5.74, 6) is 0. The Morgan fingerprint density at radius 3 is 2.32 bits per heavy atom. The predicted octanol–water partition coefficient (Wildman–Crippen LogP) is 2.37. The first-order valence-corrected chi connectivity index (χ1v) is 7.53. The van der Waals surface area contributed by atoms with E-state index < -0.39 is 0 Å². The van der Waals surface area contributed by atoms with Crippen LogP contribution in [0.1, 0.15) is 5.56 Å². The summed E-state index contributed by atoms with van der Waals surface area (Å²) in [4.78, 5) is 28.9. The summed E-state index contributed by atoms with van der Waals surface area (Å²) < 4.78 is 3.51. The molecule has 0 N–H and O–H groups in total. The van der Waals surface area contributed by atoms with Gasteiger partial charge in [-0.2, -0.15) is 0 Å². The minimum Gasteiger partial charge on any atom is -0.295 e. The highest BCUT2D eigenvalue weighted by atomic mass is 79.9. The number of halogens is 1. The Bertz CT molecular complexity index is 1000. The molecule has 0 saturated heterocycles. The average Bonchev–Trinajstić information content (AvgIpc) is 2.51. The van der Waals surface area contributed by atoms with E-state index in [4.69, 9.17) is 0 Å². The minimum absolute atomic E-state index is 0.299. The van der Waals surface area contributed by atoms with Crippen molar-refractivity contribution in [2.45, 2.75) is 6.92 Å². The molecule has 3 rings (SSSR count). The van der Waals surface area contributed by atoms with Crippen molar-refractivity contribution in [2.24, 2.45) is 14.1 Å². The summed E-state index contributed by atoms with van der Waals surface area (Å²) in [7, 11) is 3.11. The Labute approximate surface area is 135 Å². The average molecular weight is 360 g/mol. The van der Waals surface area contributed by atoms with Crippen LogP contribution in [0.4, 0.5) is 0 Å². The molecule has 22 heavy (non-hydrogen) atoms. The Morgan fingerprint density at radius 1 is 1.05 bits per heavy atom. The van der Waals surface area contributed by atoms with Gasteiger partial charge in [-0.3, -0.25) is 13.9 Å². The van der Waals surface area contributed by atoms with E-state index in [1.807, 2.05) is 37.3 Å². The van der Waals surface area contributed by atoms with Crippen LogP contribution in [0.2, 0.25) is 0 Å². The largest absolute Gasteiger partial charge is 0.331 e. The molecule has 5 nitrogen and oxygen atoms in total. The van der Waals surface area contributed by atoms with Gasteiger partial charge >= 0.3 is 5.69 Å². The van der Waals surface area contributed by atoms with Crippen LogP contribution in [0, 0.1) is 6.92 Å². The maximum atomic E-state index is 12.3. The molecule has 112 valence electrons. The molecule has 6 heteroatoms. The molecule has 0 amide bonds. The minimum atomic E-state index is -0.378. The van der Waals surface area contributed by atoms with Gasteiger partial charge < -0.3 is 0 Å². The quantitative estimate of drug-likeness (QED) is 0.670. The summed E-state index contributed by atoms with van der Waals surface area (Å²) in [5.41, 5.74) is 2.71. The summed E-state index contributed by atoms with van der Waals surface area (Å²) in [6.45, 7) is 1.92. The van der Waals surface area contributed by atoms with E-state index in [1.54, 1.807) is 7.05 Å². The topological polar surface area (TPSA) is 56.9 Å². The third-order valence-electron chi connectivity index (χ3n) is 3.75. The van der Waals surface area contributed by atoms with Gasteiger partial charge in [-0.25, -0.2) is 9.78 Å². The van der Waals surface area contributed by atoms with E-state index in [0.717, 1.165) is 25.9 Å². The molecule has 0 aliphatic heterocycles. The molecule has 2 aromatic heterocycles. The maximum absolute atomic E-state index is 12.3. The number of benzene rings is 1. The molecule has 0 aliphatic carbocycles. The molecule has 0 aliphatic rings. The van der Waals surface area contributed by atoms with Crippen LogP contribution < -0.4 is 11.2 Å². The second kappa shape index (κ2) is 5.21. The van der Waals surface area contributed by atoms with Crippen molar-refractivity contribution >= 4 is 27.0 Å². The van der Waals surface area contributed by atoms with Gasteiger partial charge in [-0.1, -0.05) is 28.1 Å². The molecule has 2 heterocycles. The lowest BCUT2D eigenvalue weighted by Gasteiger charge is -2.11. The number of rotatable bonds is 1. The third kappa shape index (κ3) is 2.20. The number of aryl methyl sites for hydroxylation is 2. The Kier molecular flexibility index (Phi) is 3.48. The highest BCUT2D eigenvalue weighted by molar-refractivity contribution is 9.10. The smallest absolute Gasteiger partial charge is 0.295 e. The SMILES string of the molecule is Cc1cc2c(nc1-c1ccc(Br)cc1)c(=O)n(C)c(=O)n2C. The Morgan fingerprint density at radius 2 is 1.68 bits per heavy atom. The lowest BCUT2D eigenvalue weighted by molar-refractivity contribution is 0.710. The fourth-order valence-electron chi connectivity index (χ4n) is 2.49. The van der Waals surface area contributed by atoms with Gasteiger partial charge in [0.25, 0.3) is 5.56 Å². The van der Waals surface area contributed by atoms with Gasteiger partial charge in [0.1, 0.15) is 0 Å². The number of pyridine rings is 1. The van der Waals surface area contributed by atoms with Crippen molar-refractivity contribution in [3.05, 3.63) is 61.2 Å². The van der Waals surface area contributed by atoms with Crippen LogP contribution in [-0.4, -0.2) is 14.1 Å². The summed E-state index contributed by atoms with van der Waals surface area (Å²) >= 11 is 3.40. The fourth-order valence-corrected chi connectivity index (χ4v) is 2.75. The number of fused-ring (bicyclic) bond motifs is 1. The molecule has 3 aromatic rings. The van der Waals surface area contributed by atoms with E-state index in [0.29, 0.717) is 11.0 Å². The number of aromatic nitrogens is 3. The molecule has 0 spiro atoms. The predicted molar refractivity (Wildman–Crippen MR) is 90.1 cm³/mol. The first kappa shape index (κ1) is 14.7. The molecule has 0 fully saturated rings. The lowest BCUT2D eigenvalue weighted by Crippen LogP contribution is -2.37. The van der Waals surface area contributed by atoms with Crippen molar-refractivity contribution in [3.63, 3.8) is 0 Å². The second-order valence-corrected chi connectivity index (χ2v) is 6.15. The highest BCUT2D eigenvalue weighted by Crippen LogP contribution is 2.24. The van der Waals surface area contributed by atoms with Gasteiger partial charge in [0.05, 0.1) is 11.2 Å². The molecule has 0 bridgehead atoms. The molecule has 0 unspecified atom stereocenters. The van der Waals surface area contributed by atoms with Crippen molar-refractivity contribution < 1.29 is 0 Å². The molecule has 0 saturated carbocycles. The summed E-state index contributed by atoms with van der Waals surface area (Å²) in [5, 5.41) is 0. The van der Waals surface area contributed by atoms with Gasteiger partial charge in [0, 0.05) is 24.1 Å². The fraction of sp³-hybridized carbons (Fsp3) is 0.188. The molecule has 1 aromatic carbocycles.